The molecule has 23 heavy (non-hydrogen) atoms. The minimum Gasteiger partial charge on any atom is -0.497 e. The van der Waals surface area contributed by atoms with Crippen LogP contribution in [0.1, 0.15) is 32.1 Å². The van der Waals surface area contributed by atoms with E-state index >= 15 is 0 Å². The predicted octanol–water partition coefficient (Wildman–Crippen LogP) is 2.93. The molecule has 2 aliphatic heterocycles. The summed E-state index contributed by atoms with van der Waals surface area (Å²) in [7, 11) is 1.69. The molecule has 0 bridgehead atoms. The van der Waals surface area contributed by atoms with Crippen molar-refractivity contribution in [3.8, 4) is 11.5 Å². The van der Waals surface area contributed by atoms with E-state index in [1.54, 1.807) is 7.11 Å². The van der Waals surface area contributed by atoms with E-state index in [-0.39, 0.29) is 0 Å². The highest BCUT2D eigenvalue weighted by Crippen LogP contribution is 2.39. The van der Waals surface area contributed by atoms with Crippen LogP contribution in [0.4, 0.5) is 0 Å². The molecular weight excluding hydrogens is 288 g/mol. The Labute approximate surface area is 140 Å². The molecule has 2 heterocycles. The summed E-state index contributed by atoms with van der Waals surface area (Å²) in [6.07, 6.45) is 6.82. The zero-order chi connectivity index (χ0) is 16.0. The zero-order valence-corrected chi connectivity index (χ0v) is 14.4. The molecule has 3 rings (SSSR count). The minimum atomic E-state index is 0.619. The van der Waals surface area contributed by atoms with Gasteiger partial charge in [-0.2, -0.15) is 0 Å². The molecule has 0 amide bonds. The highest BCUT2D eigenvalue weighted by Gasteiger charge is 2.33. The van der Waals surface area contributed by atoms with Crippen LogP contribution < -0.4 is 14.8 Å². The fraction of sp³-hybridized carbons (Fsp3) is 0.684. The smallest absolute Gasteiger partial charge is 0.123 e. The fourth-order valence-electron chi connectivity index (χ4n) is 3.97. The van der Waals surface area contributed by atoms with Crippen LogP contribution in [-0.2, 0) is 0 Å². The van der Waals surface area contributed by atoms with E-state index in [2.05, 4.69) is 10.2 Å². The van der Waals surface area contributed by atoms with Gasteiger partial charge in [-0.3, -0.25) is 4.90 Å². The van der Waals surface area contributed by atoms with E-state index in [1.807, 2.05) is 24.3 Å². The number of rotatable bonds is 5. The van der Waals surface area contributed by atoms with E-state index in [0.717, 1.165) is 24.7 Å². The monoisotopic (exact) mass is 318 g/mol. The van der Waals surface area contributed by atoms with Gasteiger partial charge < -0.3 is 14.8 Å². The summed E-state index contributed by atoms with van der Waals surface area (Å²) in [5, 5.41) is 3.51. The molecule has 1 aromatic carbocycles. The maximum atomic E-state index is 5.90. The Bertz CT molecular complexity index is 486. The summed E-state index contributed by atoms with van der Waals surface area (Å²) in [5.41, 5.74) is 0.619. The summed E-state index contributed by atoms with van der Waals surface area (Å²) < 4.78 is 11.1. The van der Waals surface area contributed by atoms with Crippen LogP contribution in [0.5, 0.6) is 11.5 Å². The van der Waals surface area contributed by atoms with E-state index < -0.39 is 0 Å². The van der Waals surface area contributed by atoms with Gasteiger partial charge in [-0.25, -0.2) is 0 Å². The number of nitrogens with zero attached hydrogens (tertiary/aromatic N) is 1. The Morgan fingerprint density at radius 1 is 1.09 bits per heavy atom. The lowest BCUT2D eigenvalue weighted by Gasteiger charge is -2.37. The summed E-state index contributed by atoms with van der Waals surface area (Å²) in [6, 6.07) is 7.86. The first-order valence-electron chi connectivity index (χ1n) is 9.00. The Morgan fingerprint density at radius 2 is 1.91 bits per heavy atom. The van der Waals surface area contributed by atoms with Crippen LogP contribution >= 0.6 is 0 Å². The molecular formula is C19H30N2O2. The number of hydrogen-bond donors (Lipinski definition) is 1. The van der Waals surface area contributed by atoms with Crippen LogP contribution in [0, 0.1) is 5.41 Å². The molecule has 2 saturated heterocycles. The lowest BCUT2D eigenvalue weighted by molar-refractivity contribution is 0.162. The van der Waals surface area contributed by atoms with Gasteiger partial charge in [0.1, 0.15) is 18.1 Å². The van der Waals surface area contributed by atoms with Crippen LogP contribution in [0.3, 0.4) is 0 Å². The molecule has 2 aliphatic rings. The van der Waals surface area contributed by atoms with Crippen molar-refractivity contribution >= 4 is 0 Å². The lowest BCUT2D eigenvalue weighted by Crippen LogP contribution is -2.37. The molecule has 0 radical (unpaired) electrons. The van der Waals surface area contributed by atoms with Gasteiger partial charge in [0.05, 0.1) is 7.11 Å². The second kappa shape index (κ2) is 8.02. The largest absolute Gasteiger partial charge is 0.497 e. The molecule has 4 heteroatoms. The van der Waals surface area contributed by atoms with Crippen molar-refractivity contribution in [3.05, 3.63) is 24.3 Å². The van der Waals surface area contributed by atoms with E-state index in [1.165, 1.54) is 58.3 Å². The van der Waals surface area contributed by atoms with Crippen molar-refractivity contribution < 1.29 is 9.47 Å². The minimum absolute atomic E-state index is 0.619. The summed E-state index contributed by atoms with van der Waals surface area (Å²) in [5.74, 6) is 1.75. The van der Waals surface area contributed by atoms with Gasteiger partial charge in [-0.1, -0.05) is 6.07 Å². The highest BCUT2D eigenvalue weighted by atomic mass is 16.5. The molecule has 128 valence electrons. The van der Waals surface area contributed by atoms with Crippen molar-refractivity contribution in [3.63, 3.8) is 0 Å². The second-order valence-corrected chi connectivity index (χ2v) is 6.97. The SMILES string of the molecule is COc1cccc(OCCN2CCCC3(CCNCC3)CC2)c1. The normalized spacial score (nSPS) is 21.8. The topological polar surface area (TPSA) is 33.7 Å². The molecule has 0 aromatic heterocycles. The average molecular weight is 318 g/mol. The number of methoxy groups -OCH3 is 1. The van der Waals surface area contributed by atoms with Crippen molar-refractivity contribution in [2.75, 3.05) is 46.4 Å². The van der Waals surface area contributed by atoms with E-state index in [0.29, 0.717) is 5.41 Å². The Hall–Kier alpha value is -1.26. The summed E-state index contributed by atoms with van der Waals surface area (Å²) in [4.78, 5) is 2.58. The number of benzene rings is 1. The number of piperidine rings is 1. The van der Waals surface area contributed by atoms with Crippen LogP contribution in [-0.4, -0.2) is 51.3 Å². The van der Waals surface area contributed by atoms with Gasteiger partial charge >= 0.3 is 0 Å². The molecule has 1 aromatic rings. The van der Waals surface area contributed by atoms with Crippen molar-refractivity contribution in [1.82, 2.24) is 10.2 Å². The van der Waals surface area contributed by atoms with Crippen LogP contribution in [0.2, 0.25) is 0 Å². The Balaban J connectivity index is 1.43. The maximum Gasteiger partial charge on any atom is 0.123 e. The molecule has 1 N–H and O–H groups in total. The first-order valence-corrected chi connectivity index (χ1v) is 9.00. The molecule has 4 nitrogen and oxygen atoms in total. The number of likely N-dealkylation sites (tertiary alicyclic amines) is 1. The third-order valence-electron chi connectivity index (χ3n) is 5.52. The quantitative estimate of drug-likeness (QED) is 0.905. The van der Waals surface area contributed by atoms with E-state index in [9.17, 15) is 0 Å². The van der Waals surface area contributed by atoms with Gasteiger partial charge in [0.15, 0.2) is 0 Å². The van der Waals surface area contributed by atoms with Crippen LogP contribution in [0.15, 0.2) is 24.3 Å². The van der Waals surface area contributed by atoms with Gasteiger partial charge in [0.25, 0.3) is 0 Å². The van der Waals surface area contributed by atoms with Gasteiger partial charge in [0.2, 0.25) is 0 Å². The first kappa shape index (κ1) is 16.6. The maximum absolute atomic E-state index is 5.90. The Kier molecular flexibility index (Phi) is 5.79. The molecule has 0 aliphatic carbocycles. The first-order chi connectivity index (χ1) is 11.3. The molecule has 0 saturated carbocycles. The second-order valence-electron chi connectivity index (χ2n) is 6.97. The molecule has 2 fully saturated rings. The average Bonchev–Trinajstić information content (AvgIpc) is 2.79. The van der Waals surface area contributed by atoms with Crippen molar-refractivity contribution in [1.29, 1.82) is 0 Å². The third-order valence-corrected chi connectivity index (χ3v) is 5.52. The van der Waals surface area contributed by atoms with Crippen molar-refractivity contribution in [2.24, 2.45) is 5.41 Å². The van der Waals surface area contributed by atoms with Gasteiger partial charge in [0, 0.05) is 12.6 Å². The zero-order valence-electron chi connectivity index (χ0n) is 14.4. The van der Waals surface area contributed by atoms with E-state index in [4.69, 9.17) is 9.47 Å². The molecule has 0 unspecified atom stereocenters. The number of hydrogen-bond acceptors (Lipinski definition) is 4. The standard InChI is InChI=1S/C19H30N2O2/c1-22-17-4-2-5-18(16-17)23-15-14-21-12-3-6-19(9-13-21)7-10-20-11-8-19/h2,4-5,16,20H,3,6-15H2,1H3. The molecule has 1 spiro atoms. The third kappa shape index (κ3) is 4.61. The van der Waals surface area contributed by atoms with Gasteiger partial charge in [-0.15, -0.1) is 0 Å². The van der Waals surface area contributed by atoms with Gasteiger partial charge in [-0.05, 0) is 75.8 Å². The van der Waals surface area contributed by atoms with Crippen LogP contribution in [0.25, 0.3) is 0 Å². The predicted molar refractivity (Wildman–Crippen MR) is 93.3 cm³/mol. The number of nitrogens with one attached hydrogen (secondary N) is 1. The molecule has 0 atom stereocenters. The van der Waals surface area contributed by atoms with Crippen molar-refractivity contribution in [2.45, 2.75) is 32.1 Å². The fourth-order valence-corrected chi connectivity index (χ4v) is 3.97. The highest BCUT2D eigenvalue weighted by molar-refractivity contribution is 5.32. The summed E-state index contributed by atoms with van der Waals surface area (Å²) >= 11 is 0. The lowest BCUT2D eigenvalue weighted by atomic mass is 9.73. The Morgan fingerprint density at radius 3 is 2.74 bits per heavy atom. The number of ether oxygens (including phenoxy) is 2. The summed E-state index contributed by atoms with van der Waals surface area (Å²) in [6.45, 7) is 6.63.